The van der Waals surface area contributed by atoms with Crippen LogP contribution in [0, 0.1) is 5.82 Å². The van der Waals surface area contributed by atoms with Crippen molar-refractivity contribution in [2.45, 2.75) is 11.4 Å². The van der Waals surface area contributed by atoms with E-state index < -0.39 is 20.7 Å². The Morgan fingerprint density at radius 1 is 1.38 bits per heavy atom. The molecule has 0 amide bonds. The quantitative estimate of drug-likeness (QED) is 0.565. The van der Waals surface area contributed by atoms with Gasteiger partial charge in [0.05, 0.1) is 19.5 Å². The zero-order valence-corrected chi connectivity index (χ0v) is 14.9. The molecule has 0 aliphatic carbocycles. The van der Waals surface area contributed by atoms with Crippen molar-refractivity contribution in [1.82, 2.24) is 4.72 Å². The Morgan fingerprint density at radius 3 is 2.62 bits per heavy atom. The van der Waals surface area contributed by atoms with Crippen LogP contribution in [0.4, 0.5) is 10.1 Å². The number of sulfonamides is 1. The summed E-state index contributed by atoms with van der Waals surface area (Å²) in [5.41, 5.74) is 5.12. The number of hydrogen-bond acceptors (Lipinski definition) is 4. The van der Waals surface area contributed by atoms with Crippen LogP contribution in [0.3, 0.4) is 0 Å². The number of nitrogens with one attached hydrogen (secondary N) is 1. The van der Waals surface area contributed by atoms with Gasteiger partial charge in [-0.25, -0.2) is 17.5 Å². The van der Waals surface area contributed by atoms with Gasteiger partial charge in [-0.1, -0.05) is 23.2 Å². The third-order valence-electron chi connectivity index (χ3n) is 2.51. The van der Waals surface area contributed by atoms with Crippen molar-refractivity contribution < 1.29 is 12.8 Å². The van der Waals surface area contributed by atoms with E-state index in [1.807, 2.05) is 0 Å². The number of anilines is 1. The molecule has 21 heavy (non-hydrogen) atoms. The highest BCUT2D eigenvalue weighted by Crippen LogP contribution is 2.34. The van der Waals surface area contributed by atoms with E-state index in [1.54, 1.807) is 12.1 Å². The largest absolute Gasteiger partial charge is 0.395 e. The standard InChI is InChI=1S/C11H8BrCl2FN2O2S2/c12-9-6(13)3-7(10(15)11(9)16)21(18,19)17-4-5-1-2-8(14)20-5/h1-3,17H,4,16H2. The Hall–Kier alpha value is -0.380. The molecule has 2 rings (SSSR count). The van der Waals surface area contributed by atoms with Crippen molar-refractivity contribution >= 4 is 66.2 Å². The minimum absolute atomic E-state index is 0.00719. The van der Waals surface area contributed by atoms with Gasteiger partial charge in [0.15, 0.2) is 5.82 Å². The second-order valence-electron chi connectivity index (χ2n) is 3.93. The second kappa shape index (κ2) is 6.39. The van der Waals surface area contributed by atoms with E-state index in [0.717, 1.165) is 6.07 Å². The van der Waals surface area contributed by atoms with E-state index in [-0.39, 0.29) is 21.7 Å². The summed E-state index contributed by atoms with van der Waals surface area (Å²) in [4.78, 5) is 0.0935. The third-order valence-corrected chi connectivity index (χ3v) is 6.52. The summed E-state index contributed by atoms with van der Waals surface area (Å²) >= 11 is 15.8. The van der Waals surface area contributed by atoms with Crippen molar-refractivity contribution in [3.63, 3.8) is 0 Å². The maximum absolute atomic E-state index is 14.0. The molecule has 1 heterocycles. The van der Waals surface area contributed by atoms with E-state index in [2.05, 4.69) is 20.7 Å². The molecule has 0 radical (unpaired) electrons. The molecule has 0 aliphatic rings. The van der Waals surface area contributed by atoms with Crippen LogP contribution >= 0.6 is 50.5 Å². The summed E-state index contributed by atoms with van der Waals surface area (Å²) in [7, 11) is -4.09. The fourth-order valence-electron chi connectivity index (χ4n) is 1.49. The van der Waals surface area contributed by atoms with Gasteiger partial charge in [0, 0.05) is 11.4 Å². The molecule has 0 saturated heterocycles. The van der Waals surface area contributed by atoms with Crippen LogP contribution in [0.2, 0.25) is 9.36 Å². The molecule has 0 spiro atoms. The smallest absolute Gasteiger partial charge is 0.243 e. The predicted molar refractivity (Wildman–Crippen MR) is 86.9 cm³/mol. The molecule has 0 unspecified atom stereocenters. The lowest BCUT2D eigenvalue weighted by Crippen LogP contribution is -2.24. The first-order chi connectivity index (χ1) is 9.72. The molecule has 3 N–H and O–H groups in total. The number of hydrogen-bond donors (Lipinski definition) is 2. The van der Waals surface area contributed by atoms with E-state index in [4.69, 9.17) is 28.9 Å². The first kappa shape index (κ1) is 17.0. The van der Waals surface area contributed by atoms with Crippen LogP contribution in [0.5, 0.6) is 0 Å². The molecular formula is C11H8BrCl2FN2O2S2. The maximum Gasteiger partial charge on any atom is 0.243 e. The summed E-state index contributed by atoms with van der Waals surface area (Å²) in [6.45, 7) is -0.00719. The van der Waals surface area contributed by atoms with Gasteiger partial charge in [-0.2, -0.15) is 0 Å². The van der Waals surface area contributed by atoms with Gasteiger partial charge in [0.2, 0.25) is 10.0 Å². The number of nitrogens with two attached hydrogens (primary N) is 1. The number of rotatable bonds is 4. The van der Waals surface area contributed by atoms with Crippen molar-refractivity contribution in [2.75, 3.05) is 5.73 Å². The van der Waals surface area contributed by atoms with Crippen molar-refractivity contribution in [2.24, 2.45) is 0 Å². The molecule has 0 aliphatic heterocycles. The van der Waals surface area contributed by atoms with E-state index >= 15 is 0 Å². The highest BCUT2D eigenvalue weighted by Gasteiger charge is 2.24. The minimum Gasteiger partial charge on any atom is -0.395 e. The summed E-state index contributed by atoms with van der Waals surface area (Å²) in [5, 5.41) is 0.00782. The summed E-state index contributed by atoms with van der Waals surface area (Å²) in [5.74, 6) is -1.05. The molecule has 0 bridgehead atoms. The highest BCUT2D eigenvalue weighted by atomic mass is 79.9. The van der Waals surface area contributed by atoms with Gasteiger partial charge in [-0.3, -0.25) is 0 Å². The molecule has 1 aromatic carbocycles. The van der Waals surface area contributed by atoms with Crippen LogP contribution in [0.15, 0.2) is 27.6 Å². The lowest BCUT2D eigenvalue weighted by Gasteiger charge is -2.10. The Kier molecular flexibility index (Phi) is 5.17. The topological polar surface area (TPSA) is 72.2 Å². The first-order valence-corrected chi connectivity index (χ1v) is 9.24. The SMILES string of the molecule is Nc1c(F)c(S(=O)(=O)NCc2ccc(Cl)s2)cc(Cl)c1Br. The molecule has 4 nitrogen and oxygen atoms in total. The van der Waals surface area contributed by atoms with Gasteiger partial charge >= 0.3 is 0 Å². The average molecular weight is 434 g/mol. The minimum atomic E-state index is -4.09. The van der Waals surface area contributed by atoms with Crippen LogP contribution < -0.4 is 10.5 Å². The number of benzene rings is 1. The van der Waals surface area contributed by atoms with Crippen LogP contribution in [0.1, 0.15) is 4.88 Å². The summed E-state index contributed by atoms with van der Waals surface area (Å²) < 4.78 is 41.2. The average Bonchev–Trinajstić information content (AvgIpc) is 2.84. The maximum atomic E-state index is 14.0. The molecule has 1 aromatic heterocycles. The van der Waals surface area contributed by atoms with Crippen LogP contribution in [-0.2, 0) is 16.6 Å². The normalized spacial score (nSPS) is 11.8. The third kappa shape index (κ3) is 3.69. The summed E-state index contributed by atoms with van der Waals surface area (Å²) in [6.07, 6.45) is 0. The van der Waals surface area contributed by atoms with E-state index in [0.29, 0.717) is 9.21 Å². The van der Waals surface area contributed by atoms with Crippen molar-refractivity contribution in [3.8, 4) is 0 Å². The van der Waals surface area contributed by atoms with Crippen LogP contribution in [-0.4, -0.2) is 8.42 Å². The summed E-state index contributed by atoms with van der Waals surface area (Å²) in [6, 6.07) is 4.32. The molecule has 10 heteroatoms. The Bertz CT molecular complexity index is 796. The zero-order valence-electron chi connectivity index (χ0n) is 10.2. The van der Waals surface area contributed by atoms with Crippen molar-refractivity contribution in [1.29, 1.82) is 0 Å². The van der Waals surface area contributed by atoms with E-state index in [1.165, 1.54) is 11.3 Å². The molecule has 0 saturated carbocycles. The molecule has 0 atom stereocenters. The zero-order chi connectivity index (χ0) is 15.8. The Morgan fingerprint density at radius 2 is 2.05 bits per heavy atom. The Balaban J connectivity index is 2.32. The van der Waals surface area contributed by atoms with Crippen LogP contribution in [0.25, 0.3) is 0 Å². The molecule has 114 valence electrons. The molecule has 2 aromatic rings. The van der Waals surface area contributed by atoms with E-state index in [9.17, 15) is 12.8 Å². The highest BCUT2D eigenvalue weighted by molar-refractivity contribution is 9.10. The van der Waals surface area contributed by atoms with Gasteiger partial charge in [0.1, 0.15) is 4.90 Å². The number of halogens is 4. The Labute approximate surface area is 143 Å². The van der Waals surface area contributed by atoms with Gasteiger partial charge in [-0.05, 0) is 34.1 Å². The van der Waals surface area contributed by atoms with Gasteiger partial charge in [0.25, 0.3) is 0 Å². The van der Waals surface area contributed by atoms with Gasteiger partial charge < -0.3 is 5.73 Å². The van der Waals surface area contributed by atoms with Crippen molar-refractivity contribution in [3.05, 3.63) is 42.7 Å². The lowest BCUT2D eigenvalue weighted by molar-refractivity contribution is 0.558. The predicted octanol–water partition coefficient (Wildman–Crippen LogP) is 4.02. The monoisotopic (exact) mass is 432 g/mol. The number of thiophene rings is 1. The molecule has 0 fully saturated rings. The second-order valence-corrected chi connectivity index (χ2v) is 8.66. The number of nitrogen functional groups attached to an aromatic ring is 1. The lowest BCUT2D eigenvalue weighted by atomic mass is 10.3. The fraction of sp³-hybridized carbons (Fsp3) is 0.0909. The first-order valence-electron chi connectivity index (χ1n) is 5.39. The van der Waals surface area contributed by atoms with Gasteiger partial charge in [-0.15, -0.1) is 11.3 Å². The molecular weight excluding hydrogens is 426 g/mol. The fourth-order valence-corrected chi connectivity index (χ4v) is 4.29.